The van der Waals surface area contributed by atoms with E-state index in [-0.39, 0.29) is 11.7 Å². The van der Waals surface area contributed by atoms with Crippen LogP contribution in [0.4, 0.5) is 0 Å². The average molecular weight is 261 g/mol. The van der Waals surface area contributed by atoms with Crippen LogP contribution in [0.3, 0.4) is 0 Å². The Morgan fingerprint density at radius 1 is 1.42 bits per heavy atom. The van der Waals surface area contributed by atoms with Gasteiger partial charge >= 0.3 is 5.97 Å². The number of carboxylic acids is 1. The van der Waals surface area contributed by atoms with E-state index in [2.05, 4.69) is 4.98 Å². The standard InChI is InChI=1S/C14H15NO4/c16-14(17)9-4-5-12-11(7-9)15-13(19-12)8-10-3-1-2-6-18-10/h4-5,7,10H,1-3,6,8H2,(H,16,17). The first-order valence-corrected chi connectivity index (χ1v) is 6.47. The molecular weight excluding hydrogens is 246 g/mol. The number of oxazole rings is 1. The van der Waals surface area contributed by atoms with Gasteiger partial charge in [-0.15, -0.1) is 0 Å². The molecule has 19 heavy (non-hydrogen) atoms. The zero-order valence-electron chi connectivity index (χ0n) is 10.5. The number of hydrogen-bond donors (Lipinski definition) is 1. The van der Waals surface area contributed by atoms with Crippen molar-refractivity contribution in [3.8, 4) is 0 Å². The second-order valence-electron chi connectivity index (χ2n) is 4.79. The molecule has 100 valence electrons. The summed E-state index contributed by atoms with van der Waals surface area (Å²) < 4.78 is 11.3. The van der Waals surface area contributed by atoms with Crippen LogP contribution in [0.2, 0.25) is 0 Å². The third-order valence-electron chi connectivity index (χ3n) is 3.36. The normalized spacial score (nSPS) is 19.7. The fourth-order valence-corrected chi connectivity index (χ4v) is 2.36. The number of rotatable bonds is 3. The molecule has 1 unspecified atom stereocenters. The van der Waals surface area contributed by atoms with E-state index in [1.54, 1.807) is 6.07 Å². The van der Waals surface area contributed by atoms with Crippen LogP contribution in [0, 0.1) is 0 Å². The largest absolute Gasteiger partial charge is 0.478 e. The fraction of sp³-hybridized carbons (Fsp3) is 0.429. The summed E-state index contributed by atoms with van der Waals surface area (Å²) in [5.41, 5.74) is 1.43. The highest BCUT2D eigenvalue weighted by Crippen LogP contribution is 2.21. The molecule has 3 rings (SSSR count). The van der Waals surface area contributed by atoms with Crippen molar-refractivity contribution >= 4 is 17.1 Å². The minimum absolute atomic E-state index is 0.167. The Labute approximate surface area is 110 Å². The molecule has 0 saturated carbocycles. The van der Waals surface area contributed by atoms with E-state index in [9.17, 15) is 4.79 Å². The molecule has 0 aliphatic carbocycles. The Morgan fingerprint density at radius 2 is 2.32 bits per heavy atom. The third kappa shape index (κ3) is 2.61. The second-order valence-corrected chi connectivity index (χ2v) is 4.79. The molecule has 5 heteroatoms. The Balaban J connectivity index is 1.82. The lowest BCUT2D eigenvalue weighted by Gasteiger charge is -2.20. The van der Waals surface area contributed by atoms with Crippen molar-refractivity contribution in [1.82, 2.24) is 4.98 Å². The van der Waals surface area contributed by atoms with E-state index >= 15 is 0 Å². The summed E-state index contributed by atoms with van der Waals surface area (Å²) in [5.74, 6) is -0.341. The lowest BCUT2D eigenvalue weighted by Crippen LogP contribution is -2.21. The molecule has 1 fully saturated rings. The predicted molar refractivity (Wildman–Crippen MR) is 68.3 cm³/mol. The van der Waals surface area contributed by atoms with Gasteiger partial charge < -0.3 is 14.3 Å². The monoisotopic (exact) mass is 261 g/mol. The van der Waals surface area contributed by atoms with Crippen LogP contribution < -0.4 is 0 Å². The predicted octanol–water partition coefficient (Wildman–Crippen LogP) is 2.64. The summed E-state index contributed by atoms with van der Waals surface area (Å²) in [4.78, 5) is 15.2. The van der Waals surface area contributed by atoms with Crippen molar-refractivity contribution in [2.75, 3.05) is 6.61 Å². The van der Waals surface area contributed by atoms with Crippen molar-refractivity contribution in [2.24, 2.45) is 0 Å². The molecule has 0 amide bonds. The molecule has 2 aromatic rings. The van der Waals surface area contributed by atoms with Crippen LogP contribution in [0.15, 0.2) is 22.6 Å². The minimum Gasteiger partial charge on any atom is -0.478 e. The Bertz CT molecular complexity index is 599. The second kappa shape index (κ2) is 5.01. The molecule has 0 spiro atoms. The van der Waals surface area contributed by atoms with Gasteiger partial charge in [0.05, 0.1) is 18.1 Å². The summed E-state index contributed by atoms with van der Waals surface area (Å²) in [7, 11) is 0. The number of aromatic carboxylic acids is 1. The number of benzene rings is 1. The molecule has 0 radical (unpaired) electrons. The quantitative estimate of drug-likeness (QED) is 0.919. The van der Waals surface area contributed by atoms with E-state index in [0.717, 1.165) is 19.4 Å². The number of carboxylic acid groups (broad SMARTS) is 1. The maximum atomic E-state index is 10.9. The van der Waals surface area contributed by atoms with Crippen LogP contribution in [-0.4, -0.2) is 28.8 Å². The van der Waals surface area contributed by atoms with Gasteiger partial charge in [0.15, 0.2) is 11.5 Å². The van der Waals surface area contributed by atoms with Crippen LogP contribution >= 0.6 is 0 Å². The van der Waals surface area contributed by atoms with Gasteiger partial charge in [0.2, 0.25) is 0 Å². The number of fused-ring (bicyclic) bond motifs is 1. The van der Waals surface area contributed by atoms with E-state index in [1.165, 1.54) is 18.6 Å². The first kappa shape index (κ1) is 12.2. The number of ether oxygens (including phenoxy) is 1. The molecule has 5 nitrogen and oxygen atoms in total. The molecule has 2 heterocycles. The zero-order valence-corrected chi connectivity index (χ0v) is 10.5. The fourth-order valence-electron chi connectivity index (χ4n) is 2.36. The number of hydrogen-bond acceptors (Lipinski definition) is 4. The lowest BCUT2D eigenvalue weighted by atomic mass is 10.1. The van der Waals surface area contributed by atoms with Gasteiger partial charge in [0.25, 0.3) is 0 Å². The molecule has 1 N–H and O–H groups in total. The Hall–Kier alpha value is -1.88. The molecule has 1 saturated heterocycles. The van der Waals surface area contributed by atoms with Crippen molar-refractivity contribution in [2.45, 2.75) is 31.8 Å². The number of nitrogens with zero attached hydrogens (tertiary/aromatic N) is 1. The highest BCUT2D eigenvalue weighted by atomic mass is 16.5. The van der Waals surface area contributed by atoms with Crippen molar-refractivity contribution in [3.63, 3.8) is 0 Å². The Morgan fingerprint density at radius 3 is 3.05 bits per heavy atom. The first-order valence-electron chi connectivity index (χ1n) is 6.47. The van der Waals surface area contributed by atoms with E-state index < -0.39 is 5.97 Å². The summed E-state index contributed by atoms with van der Waals surface area (Å²) in [5, 5.41) is 8.93. The van der Waals surface area contributed by atoms with Crippen molar-refractivity contribution in [1.29, 1.82) is 0 Å². The van der Waals surface area contributed by atoms with Crippen molar-refractivity contribution < 1.29 is 19.1 Å². The maximum Gasteiger partial charge on any atom is 0.335 e. The van der Waals surface area contributed by atoms with Crippen molar-refractivity contribution in [3.05, 3.63) is 29.7 Å². The summed E-state index contributed by atoms with van der Waals surface area (Å²) in [6, 6.07) is 4.71. The highest BCUT2D eigenvalue weighted by Gasteiger charge is 2.18. The lowest BCUT2D eigenvalue weighted by molar-refractivity contribution is 0.0134. The Kier molecular flexibility index (Phi) is 3.21. The highest BCUT2D eigenvalue weighted by molar-refractivity contribution is 5.91. The average Bonchev–Trinajstić information content (AvgIpc) is 2.80. The number of carbonyl (C=O) groups is 1. The topological polar surface area (TPSA) is 72.6 Å². The van der Waals surface area contributed by atoms with Crippen LogP contribution in [0.5, 0.6) is 0 Å². The molecule has 1 aliphatic heterocycles. The van der Waals surface area contributed by atoms with E-state index in [0.29, 0.717) is 23.4 Å². The van der Waals surface area contributed by atoms with Crippen LogP contribution in [-0.2, 0) is 11.2 Å². The van der Waals surface area contributed by atoms with Gasteiger partial charge in [-0.3, -0.25) is 0 Å². The molecule has 1 aliphatic rings. The van der Waals surface area contributed by atoms with Crippen LogP contribution in [0.1, 0.15) is 35.5 Å². The first-order chi connectivity index (χ1) is 9.22. The SMILES string of the molecule is O=C(O)c1ccc2oc(CC3CCCCO3)nc2c1. The van der Waals surface area contributed by atoms with Gasteiger partial charge in [0.1, 0.15) is 5.52 Å². The van der Waals surface area contributed by atoms with Gasteiger partial charge in [-0.05, 0) is 37.5 Å². The van der Waals surface area contributed by atoms with Gasteiger partial charge in [-0.25, -0.2) is 9.78 Å². The summed E-state index contributed by atoms with van der Waals surface area (Å²) >= 11 is 0. The minimum atomic E-state index is -0.956. The molecule has 1 aromatic heterocycles. The summed E-state index contributed by atoms with van der Waals surface area (Å²) in [6.07, 6.45) is 4.14. The molecular formula is C14H15NO4. The summed E-state index contributed by atoms with van der Waals surface area (Å²) in [6.45, 7) is 0.800. The zero-order chi connectivity index (χ0) is 13.2. The maximum absolute atomic E-state index is 10.9. The smallest absolute Gasteiger partial charge is 0.335 e. The molecule has 1 aromatic carbocycles. The molecule has 0 bridgehead atoms. The van der Waals surface area contributed by atoms with Gasteiger partial charge in [0, 0.05) is 6.61 Å². The number of aromatic nitrogens is 1. The van der Waals surface area contributed by atoms with Gasteiger partial charge in [-0.1, -0.05) is 0 Å². The van der Waals surface area contributed by atoms with E-state index in [4.69, 9.17) is 14.3 Å². The van der Waals surface area contributed by atoms with Crippen LogP contribution in [0.25, 0.3) is 11.1 Å². The third-order valence-corrected chi connectivity index (χ3v) is 3.36. The molecule has 1 atom stereocenters. The van der Waals surface area contributed by atoms with E-state index in [1.807, 2.05) is 0 Å². The van der Waals surface area contributed by atoms with Gasteiger partial charge in [-0.2, -0.15) is 0 Å².